The highest BCUT2D eigenvalue weighted by atomic mass is 32.1. The lowest BCUT2D eigenvalue weighted by Gasteiger charge is -2.19. The summed E-state index contributed by atoms with van der Waals surface area (Å²) >= 11 is 1.45. The third-order valence-corrected chi connectivity index (χ3v) is 4.72. The minimum atomic E-state index is -0.408. The Hall–Kier alpha value is -1.23. The third-order valence-electron chi connectivity index (χ3n) is 3.37. The van der Waals surface area contributed by atoms with Crippen molar-refractivity contribution in [2.24, 2.45) is 5.73 Å². The fourth-order valence-electron chi connectivity index (χ4n) is 2.17. The van der Waals surface area contributed by atoms with Gasteiger partial charge in [0.15, 0.2) is 0 Å². The van der Waals surface area contributed by atoms with E-state index in [1.807, 2.05) is 0 Å². The Bertz CT molecular complexity index is 451. The molecular formula is C13H21N3OS. The van der Waals surface area contributed by atoms with Crippen LogP contribution in [0.2, 0.25) is 0 Å². The number of nitrogen functional groups attached to an aromatic ring is 1. The molecular weight excluding hydrogens is 246 g/mol. The standard InChI is InChI=1S/C13H21N3OS/c1-3-4-7-16(2)13-9(8-5-6-8)10(14)11(18-13)12(15)17/h8H,3-7,14H2,1-2H3,(H2,15,17). The predicted octanol–water partition coefficient (Wildman–Crippen LogP) is 2.54. The number of carbonyl (C=O) groups excluding carboxylic acids is 1. The molecule has 1 aromatic rings. The number of hydrogen-bond acceptors (Lipinski definition) is 4. The minimum Gasteiger partial charge on any atom is -0.397 e. The lowest BCUT2D eigenvalue weighted by Crippen LogP contribution is -2.18. The van der Waals surface area contributed by atoms with E-state index in [4.69, 9.17) is 11.5 Å². The molecule has 0 spiro atoms. The van der Waals surface area contributed by atoms with Crippen molar-refractivity contribution in [1.29, 1.82) is 0 Å². The molecule has 18 heavy (non-hydrogen) atoms. The lowest BCUT2D eigenvalue weighted by atomic mass is 10.1. The molecule has 0 aliphatic heterocycles. The van der Waals surface area contributed by atoms with Crippen LogP contribution in [0.5, 0.6) is 0 Å². The minimum absolute atomic E-state index is 0.408. The van der Waals surface area contributed by atoms with Crippen molar-refractivity contribution in [2.75, 3.05) is 24.2 Å². The Balaban J connectivity index is 2.32. The van der Waals surface area contributed by atoms with Gasteiger partial charge in [0.2, 0.25) is 0 Å². The molecule has 5 heteroatoms. The van der Waals surface area contributed by atoms with E-state index in [0.717, 1.165) is 30.0 Å². The van der Waals surface area contributed by atoms with Crippen LogP contribution >= 0.6 is 11.3 Å². The molecule has 1 fully saturated rings. The molecule has 0 bridgehead atoms. The molecule has 2 rings (SSSR count). The van der Waals surface area contributed by atoms with Gasteiger partial charge in [0.05, 0.1) is 10.7 Å². The van der Waals surface area contributed by atoms with Crippen LogP contribution in [0.4, 0.5) is 10.7 Å². The normalized spacial score (nSPS) is 14.8. The van der Waals surface area contributed by atoms with E-state index in [2.05, 4.69) is 18.9 Å². The number of nitrogens with two attached hydrogens (primary N) is 2. The highest BCUT2D eigenvalue weighted by Gasteiger charge is 2.33. The number of thiophene rings is 1. The summed E-state index contributed by atoms with van der Waals surface area (Å²) in [7, 11) is 2.07. The van der Waals surface area contributed by atoms with E-state index in [-0.39, 0.29) is 0 Å². The maximum absolute atomic E-state index is 11.4. The van der Waals surface area contributed by atoms with Gasteiger partial charge in [-0.3, -0.25) is 4.79 Å². The van der Waals surface area contributed by atoms with E-state index in [9.17, 15) is 4.79 Å². The van der Waals surface area contributed by atoms with Crippen molar-refractivity contribution in [3.63, 3.8) is 0 Å². The highest BCUT2D eigenvalue weighted by Crippen LogP contribution is 2.51. The topological polar surface area (TPSA) is 72.3 Å². The summed E-state index contributed by atoms with van der Waals surface area (Å²) in [5.41, 5.74) is 13.3. The molecule has 0 saturated heterocycles. The second-order valence-electron chi connectivity index (χ2n) is 4.98. The van der Waals surface area contributed by atoms with Gasteiger partial charge in [-0.2, -0.15) is 0 Å². The summed E-state index contributed by atoms with van der Waals surface area (Å²) in [6.07, 6.45) is 4.65. The first-order valence-corrected chi connectivity index (χ1v) is 7.31. The summed E-state index contributed by atoms with van der Waals surface area (Å²) in [5.74, 6) is 0.128. The molecule has 0 aromatic carbocycles. The maximum atomic E-state index is 11.4. The number of primary amides is 1. The Morgan fingerprint density at radius 3 is 2.67 bits per heavy atom. The molecule has 1 aliphatic carbocycles. The number of rotatable bonds is 6. The van der Waals surface area contributed by atoms with E-state index >= 15 is 0 Å². The van der Waals surface area contributed by atoms with Crippen LogP contribution in [-0.2, 0) is 0 Å². The summed E-state index contributed by atoms with van der Waals surface area (Å²) in [4.78, 5) is 14.1. The largest absolute Gasteiger partial charge is 0.397 e. The number of unbranched alkanes of at least 4 members (excludes halogenated alkanes) is 1. The third kappa shape index (κ3) is 2.46. The average Bonchev–Trinajstić information content (AvgIpc) is 3.09. The van der Waals surface area contributed by atoms with Crippen molar-refractivity contribution < 1.29 is 4.79 Å². The maximum Gasteiger partial charge on any atom is 0.260 e. The smallest absolute Gasteiger partial charge is 0.260 e. The van der Waals surface area contributed by atoms with Crippen LogP contribution in [-0.4, -0.2) is 19.5 Å². The van der Waals surface area contributed by atoms with Crippen molar-refractivity contribution in [2.45, 2.75) is 38.5 Å². The van der Waals surface area contributed by atoms with Crippen molar-refractivity contribution >= 4 is 27.9 Å². The molecule has 1 aromatic heterocycles. The predicted molar refractivity (Wildman–Crippen MR) is 77.4 cm³/mol. The van der Waals surface area contributed by atoms with Crippen LogP contribution in [0, 0.1) is 0 Å². The summed E-state index contributed by atoms with van der Waals surface area (Å²) in [5, 5.41) is 1.14. The molecule has 1 amide bonds. The Morgan fingerprint density at radius 2 is 2.17 bits per heavy atom. The summed E-state index contributed by atoms with van der Waals surface area (Å²) in [6.45, 7) is 3.17. The molecule has 4 N–H and O–H groups in total. The SMILES string of the molecule is CCCCN(C)c1sc(C(N)=O)c(N)c1C1CC1. The van der Waals surface area contributed by atoms with Gasteiger partial charge in [0.25, 0.3) is 5.91 Å². The van der Waals surface area contributed by atoms with Crippen LogP contribution in [0.25, 0.3) is 0 Å². The molecule has 100 valence electrons. The van der Waals surface area contributed by atoms with E-state index in [1.54, 1.807) is 0 Å². The molecule has 1 saturated carbocycles. The second-order valence-corrected chi connectivity index (χ2v) is 5.98. The summed E-state index contributed by atoms with van der Waals surface area (Å²) in [6, 6.07) is 0. The molecule has 0 unspecified atom stereocenters. The quantitative estimate of drug-likeness (QED) is 0.832. The number of nitrogens with zero attached hydrogens (tertiary/aromatic N) is 1. The first-order chi connectivity index (χ1) is 8.56. The first-order valence-electron chi connectivity index (χ1n) is 6.49. The van der Waals surface area contributed by atoms with Crippen LogP contribution in [0.1, 0.15) is 53.8 Å². The number of hydrogen-bond donors (Lipinski definition) is 2. The van der Waals surface area contributed by atoms with Gasteiger partial charge in [0, 0.05) is 19.2 Å². The number of anilines is 2. The molecule has 1 heterocycles. The van der Waals surface area contributed by atoms with Gasteiger partial charge < -0.3 is 16.4 Å². The van der Waals surface area contributed by atoms with Gasteiger partial charge in [-0.15, -0.1) is 11.3 Å². The Kier molecular flexibility index (Phi) is 3.80. The van der Waals surface area contributed by atoms with E-state index in [1.165, 1.54) is 24.2 Å². The molecule has 0 radical (unpaired) electrons. The zero-order valence-corrected chi connectivity index (χ0v) is 11.8. The monoisotopic (exact) mass is 267 g/mol. The Labute approximate surface area is 112 Å². The van der Waals surface area contributed by atoms with Crippen molar-refractivity contribution in [3.8, 4) is 0 Å². The highest BCUT2D eigenvalue weighted by molar-refractivity contribution is 7.18. The number of carbonyl (C=O) groups is 1. The van der Waals surface area contributed by atoms with Gasteiger partial charge in [-0.1, -0.05) is 13.3 Å². The zero-order chi connectivity index (χ0) is 13.3. The molecule has 4 nitrogen and oxygen atoms in total. The average molecular weight is 267 g/mol. The Morgan fingerprint density at radius 1 is 1.50 bits per heavy atom. The van der Waals surface area contributed by atoms with Crippen LogP contribution < -0.4 is 16.4 Å². The van der Waals surface area contributed by atoms with Crippen molar-refractivity contribution in [1.82, 2.24) is 0 Å². The molecule has 1 aliphatic rings. The number of amides is 1. The molecule has 0 atom stereocenters. The fourth-order valence-corrected chi connectivity index (χ4v) is 3.32. The van der Waals surface area contributed by atoms with Gasteiger partial charge in [-0.05, 0) is 25.2 Å². The van der Waals surface area contributed by atoms with Gasteiger partial charge in [-0.25, -0.2) is 0 Å². The van der Waals surface area contributed by atoms with Gasteiger partial charge in [0.1, 0.15) is 4.88 Å². The van der Waals surface area contributed by atoms with E-state index in [0.29, 0.717) is 16.5 Å². The van der Waals surface area contributed by atoms with E-state index < -0.39 is 5.91 Å². The zero-order valence-electron chi connectivity index (χ0n) is 11.0. The second kappa shape index (κ2) is 5.18. The fraction of sp³-hybridized carbons (Fsp3) is 0.615. The van der Waals surface area contributed by atoms with Gasteiger partial charge >= 0.3 is 0 Å². The van der Waals surface area contributed by atoms with Crippen LogP contribution in [0.3, 0.4) is 0 Å². The summed E-state index contributed by atoms with van der Waals surface area (Å²) < 4.78 is 0. The lowest BCUT2D eigenvalue weighted by molar-refractivity contribution is 0.100. The van der Waals surface area contributed by atoms with Crippen molar-refractivity contribution in [3.05, 3.63) is 10.4 Å². The van der Waals surface area contributed by atoms with Crippen LogP contribution in [0.15, 0.2) is 0 Å². The first kappa shape index (κ1) is 13.2.